The Morgan fingerprint density at radius 3 is 2.46 bits per heavy atom. The topological polar surface area (TPSA) is 69.4 Å². The highest BCUT2D eigenvalue weighted by atomic mass is 16.6. The van der Waals surface area contributed by atoms with Crippen molar-refractivity contribution in [2.24, 2.45) is 23.7 Å². The van der Waals surface area contributed by atoms with Crippen LogP contribution < -0.4 is 0 Å². The number of benzene rings is 2. The van der Waals surface area contributed by atoms with Crippen molar-refractivity contribution in [3.8, 4) is 0 Å². The molecule has 5 nitrogen and oxygen atoms in total. The van der Waals surface area contributed by atoms with E-state index in [-0.39, 0.29) is 11.7 Å². The quantitative estimate of drug-likeness (QED) is 0.422. The van der Waals surface area contributed by atoms with Crippen LogP contribution in [-0.2, 0) is 10.3 Å². The highest BCUT2D eigenvalue weighted by Crippen LogP contribution is 2.66. The number of non-ortho nitro benzene ring substituents is 1. The standard InChI is InChI=1S/C23H23NO4/c25-22(15-9-11-18(12-10-15)24(26)27)28-23(17-5-2-1-3-6-17)14-16-13-21(23)20-8-4-7-19(16)20/h1-3,5-6,9-12,16,19-21H,4,7-8,13-14H2/t16-,19-,20+,21-,23-/m1/s1. The highest BCUT2D eigenvalue weighted by Gasteiger charge is 2.63. The van der Waals surface area contributed by atoms with Crippen LogP contribution in [0.4, 0.5) is 5.69 Å². The molecule has 0 spiro atoms. The van der Waals surface area contributed by atoms with Crippen LogP contribution in [0.25, 0.3) is 0 Å². The molecule has 3 fully saturated rings. The first-order valence-corrected chi connectivity index (χ1v) is 10.1. The molecule has 0 amide bonds. The lowest BCUT2D eigenvalue weighted by atomic mass is 9.70. The van der Waals surface area contributed by atoms with Gasteiger partial charge in [0.05, 0.1) is 10.5 Å². The van der Waals surface area contributed by atoms with Gasteiger partial charge in [-0.05, 0) is 61.1 Å². The van der Waals surface area contributed by atoms with Gasteiger partial charge < -0.3 is 4.74 Å². The minimum Gasteiger partial charge on any atom is -0.450 e. The van der Waals surface area contributed by atoms with E-state index in [0.29, 0.717) is 23.3 Å². The lowest BCUT2D eigenvalue weighted by molar-refractivity contribution is -0.384. The summed E-state index contributed by atoms with van der Waals surface area (Å²) in [6.07, 6.45) is 5.85. The normalized spacial score (nSPS) is 32.9. The SMILES string of the molecule is O=C(O[C@@]1(c2ccccc2)C[C@H]2C[C@@H]1[C@H]1CCC[C@H]21)c1ccc([N+](=O)[O-])cc1. The van der Waals surface area contributed by atoms with Crippen LogP contribution >= 0.6 is 0 Å². The molecule has 2 bridgehead atoms. The van der Waals surface area contributed by atoms with Gasteiger partial charge in [-0.15, -0.1) is 0 Å². The second-order valence-electron chi connectivity index (χ2n) is 8.51. The Labute approximate surface area is 163 Å². The Morgan fingerprint density at radius 2 is 1.75 bits per heavy atom. The molecule has 5 rings (SSSR count). The second kappa shape index (κ2) is 6.43. The molecule has 0 unspecified atom stereocenters. The van der Waals surface area contributed by atoms with E-state index in [1.165, 1.54) is 43.5 Å². The molecule has 3 aliphatic rings. The number of ether oxygens (including phenoxy) is 1. The average Bonchev–Trinajstić information content (AvgIpc) is 3.41. The van der Waals surface area contributed by atoms with Crippen LogP contribution in [0.15, 0.2) is 54.6 Å². The summed E-state index contributed by atoms with van der Waals surface area (Å²) < 4.78 is 6.30. The fourth-order valence-corrected chi connectivity index (χ4v) is 6.26. The maximum absolute atomic E-state index is 13.0. The van der Waals surface area contributed by atoms with Crippen molar-refractivity contribution in [3.63, 3.8) is 0 Å². The van der Waals surface area contributed by atoms with Crippen LogP contribution in [-0.4, -0.2) is 10.9 Å². The van der Waals surface area contributed by atoms with Crippen LogP contribution in [0, 0.1) is 33.8 Å². The zero-order valence-electron chi connectivity index (χ0n) is 15.6. The molecule has 2 aromatic carbocycles. The van der Waals surface area contributed by atoms with Gasteiger partial charge in [0.15, 0.2) is 0 Å². The van der Waals surface area contributed by atoms with Crippen molar-refractivity contribution in [2.75, 3.05) is 0 Å². The predicted molar refractivity (Wildman–Crippen MR) is 104 cm³/mol. The first kappa shape index (κ1) is 17.4. The zero-order chi connectivity index (χ0) is 19.3. The van der Waals surface area contributed by atoms with Crippen molar-refractivity contribution in [1.29, 1.82) is 0 Å². The first-order chi connectivity index (χ1) is 13.6. The number of hydrogen-bond donors (Lipinski definition) is 0. The maximum Gasteiger partial charge on any atom is 0.339 e. The predicted octanol–water partition coefficient (Wildman–Crippen LogP) is 5.10. The number of carbonyl (C=O) groups is 1. The van der Waals surface area contributed by atoms with Gasteiger partial charge in [0.2, 0.25) is 0 Å². The molecule has 2 aromatic rings. The number of nitro benzene ring substituents is 1. The lowest BCUT2D eigenvalue weighted by Gasteiger charge is -2.42. The molecule has 0 aromatic heterocycles. The van der Waals surface area contributed by atoms with Gasteiger partial charge in [-0.2, -0.15) is 0 Å². The molecular weight excluding hydrogens is 354 g/mol. The first-order valence-electron chi connectivity index (χ1n) is 10.1. The molecule has 5 heteroatoms. The minimum absolute atomic E-state index is 0.0250. The fraction of sp³-hybridized carbons (Fsp3) is 0.435. The summed E-state index contributed by atoms with van der Waals surface area (Å²) >= 11 is 0. The summed E-state index contributed by atoms with van der Waals surface area (Å²) in [5.74, 6) is 2.04. The summed E-state index contributed by atoms with van der Waals surface area (Å²) in [5.41, 5.74) is 0.855. The summed E-state index contributed by atoms with van der Waals surface area (Å²) in [6, 6.07) is 15.9. The van der Waals surface area contributed by atoms with E-state index in [1.54, 1.807) is 0 Å². The monoisotopic (exact) mass is 377 g/mol. The Bertz CT molecular complexity index is 910. The number of nitrogens with zero attached hydrogens (tertiary/aromatic N) is 1. The van der Waals surface area contributed by atoms with E-state index in [4.69, 9.17) is 4.74 Å². The third kappa shape index (κ3) is 2.56. The second-order valence-corrected chi connectivity index (χ2v) is 8.51. The largest absolute Gasteiger partial charge is 0.450 e. The molecule has 0 N–H and O–H groups in total. The van der Waals surface area contributed by atoms with Gasteiger partial charge in [-0.1, -0.05) is 36.8 Å². The van der Waals surface area contributed by atoms with Crippen molar-refractivity contribution >= 4 is 11.7 Å². The van der Waals surface area contributed by atoms with Crippen molar-refractivity contribution in [3.05, 3.63) is 75.8 Å². The van der Waals surface area contributed by atoms with E-state index < -0.39 is 10.5 Å². The molecule has 0 saturated heterocycles. The van der Waals surface area contributed by atoms with E-state index in [9.17, 15) is 14.9 Å². The van der Waals surface area contributed by atoms with Gasteiger partial charge in [-0.25, -0.2) is 4.79 Å². The molecule has 3 aliphatic carbocycles. The smallest absolute Gasteiger partial charge is 0.339 e. The highest BCUT2D eigenvalue weighted by molar-refractivity contribution is 5.90. The molecular formula is C23H23NO4. The number of hydrogen-bond acceptors (Lipinski definition) is 4. The van der Waals surface area contributed by atoms with Crippen LogP contribution in [0.2, 0.25) is 0 Å². The number of esters is 1. The van der Waals surface area contributed by atoms with Crippen LogP contribution in [0.5, 0.6) is 0 Å². The molecule has 144 valence electrons. The molecule has 0 heterocycles. The van der Waals surface area contributed by atoms with Crippen molar-refractivity contribution < 1.29 is 14.5 Å². The fourth-order valence-electron chi connectivity index (χ4n) is 6.26. The molecule has 28 heavy (non-hydrogen) atoms. The average molecular weight is 377 g/mol. The minimum atomic E-state index is -0.573. The Morgan fingerprint density at radius 1 is 1.04 bits per heavy atom. The van der Waals surface area contributed by atoms with Gasteiger partial charge in [0.1, 0.15) is 5.60 Å². The van der Waals surface area contributed by atoms with Crippen LogP contribution in [0.3, 0.4) is 0 Å². The van der Waals surface area contributed by atoms with E-state index in [2.05, 4.69) is 12.1 Å². The number of fused-ring (bicyclic) bond motifs is 5. The zero-order valence-corrected chi connectivity index (χ0v) is 15.6. The Balaban J connectivity index is 1.48. The van der Waals surface area contributed by atoms with Gasteiger partial charge in [0, 0.05) is 18.1 Å². The van der Waals surface area contributed by atoms with Gasteiger partial charge in [-0.3, -0.25) is 10.1 Å². The maximum atomic E-state index is 13.0. The van der Waals surface area contributed by atoms with Gasteiger partial charge in [0.25, 0.3) is 5.69 Å². The number of nitro groups is 1. The van der Waals surface area contributed by atoms with E-state index in [1.807, 2.05) is 18.2 Å². The molecule has 0 radical (unpaired) electrons. The lowest BCUT2D eigenvalue weighted by Crippen LogP contribution is -2.43. The van der Waals surface area contributed by atoms with Crippen LogP contribution in [0.1, 0.15) is 48.0 Å². The molecule has 3 saturated carbocycles. The summed E-state index contributed by atoms with van der Waals surface area (Å²) in [7, 11) is 0. The van der Waals surface area contributed by atoms with Gasteiger partial charge >= 0.3 is 5.97 Å². The summed E-state index contributed by atoms with van der Waals surface area (Å²) in [5, 5.41) is 10.9. The van der Waals surface area contributed by atoms with Crippen molar-refractivity contribution in [2.45, 2.75) is 37.7 Å². The number of rotatable bonds is 4. The van der Waals surface area contributed by atoms with Crippen molar-refractivity contribution in [1.82, 2.24) is 0 Å². The van der Waals surface area contributed by atoms with E-state index in [0.717, 1.165) is 24.3 Å². The Hall–Kier alpha value is -2.69. The molecule has 5 atom stereocenters. The Kier molecular flexibility index (Phi) is 4.00. The van der Waals surface area contributed by atoms with E-state index >= 15 is 0 Å². The molecule has 0 aliphatic heterocycles. The summed E-state index contributed by atoms with van der Waals surface area (Å²) in [6.45, 7) is 0. The third-order valence-corrected chi connectivity index (χ3v) is 7.32. The number of carbonyl (C=O) groups excluding carboxylic acids is 1. The third-order valence-electron chi connectivity index (χ3n) is 7.32. The summed E-state index contributed by atoms with van der Waals surface area (Å²) in [4.78, 5) is 23.5.